The summed E-state index contributed by atoms with van der Waals surface area (Å²) < 4.78 is 6.86. The van der Waals surface area contributed by atoms with Crippen LogP contribution in [0, 0.1) is 12.8 Å². The fraction of sp³-hybridized carbons (Fsp3) is 0.304. The Hall–Kier alpha value is -2.99. The molecule has 0 N–H and O–H groups in total. The highest BCUT2D eigenvalue weighted by atomic mass is 35.5. The van der Waals surface area contributed by atoms with Crippen molar-refractivity contribution in [3.8, 4) is 16.9 Å². The van der Waals surface area contributed by atoms with Crippen LogP contribution in [0.1, 0.15) is 41.4 Å². The number of halogens is 1. The molecule has 2 heterocycles. The van der Waals surface area contributed by atoms with E-state index in [-0.39, 0.29) is 18.3 Å². The third kappa shape index (κ3) is 4.14. The lowest BCUT2D eigenvalue weighted by Gasteiger charge is -2.08. The highest BCUT2D eigenvalue weighted by Gasteiger charge is 2.29. The van der Waals surface area contributed by atoms with E-state index in [9.17, 15) is 9.59 Å². The van der Waals surface area contributed by atoms with Crippen molar-refractivity contribution in [3.05, 3.63) is 64.6 Å². The highest BCUT2D eigenvalue weighted by Crippen LogP contribution is 2.32. The first-order chi connectivity index (χ1) is 14.5. The summed E-state index contributed by atoms with van der Waals surface area (Å²) in [5.41, 5.74) is 3.76. The lowest BCUT2D eigenvalue weighted by atomic mass is 10.1. The van der Waals surface area contributed by atoms with Crippen molar-refractivity contribution in [2.24, 2.45) is 5.92 Å². The molecule has 1 aliphatic carbocycles. The molecule has 0 saturated heterocycles. The average Bonchev–Trinajstić information content (AvgIpc) is 3.49. The second-order valence-corrected chi connectivity index (χ2v) is 7.82. The Morgan fingerprint density at radius 2 is 2.03 bits per heavy atom. The molecule has 6 nitrogen and oxygen atoms in total. The number of aromatic nitrogens is 3. The number of hydrogen-bond donors (Lipinski definition) is 0. The Kier molecular flexibility index (Phi) is 5.68. The van der Waals surface area contributed by atoms with Crippen molar-refractivity contribution < 1.29 is 14.3 Å². The number of carbonyl (C=O) groups is 2. The number of aryl methyl sites for hydroxylation is 1. The van der Waals surface area contributed by atoms with Gasteiger partial charge in [-0.15, -0.1) is 0 Å². The van der Waals surface area contributed by atoms with E-state index in [1.54, 1.807) is 30.1 Å². The van der Waals surface area contributed by atoms with Gasteiger partial charge in [0, 0.05) is 36.0 Å². The molecule has 4 rings (SSSR count). The van der Waals surface area contributed by atoms with Crippen LogP contribution in [0.4, 0.5) is 0 Å². The second kappa shape index (κ2) is 8.40. The standard InChI is InChI=1S/C23H22ClN3O3/c1-3-30-23(29)18-13-27(26-22(18)17-6-4-5-7-19(17)24)20-10-16(25-12-14(20)2)11-21(28)15-8-9-15/h4-7,10,12-13,15H,3,8-9,11H2,1-2H3. The summed E-state index contributed by atoms with van der Waals surface area (Å²) in [5.74, 6) is -0.0558. The maximum atomic E-state index is 12.6. The smallest absolute Gasteiger partial charge is 0.342 e. The van der Waals surface area contributed by atoms with E-state index in [1.807, 2.05) is 31.2 Å². The number of hydrogen-bond acceptors (Lipinski definition) is 5. The lowest BCUT2D eigenvalue weighted by Crippen LogP contribution is -2.08. The van der Waals surface area contributed by atoms with Gasteiger partial charge in [0.05, 0.1) is 17.3 Å². The van der Waals surface area contributed by atoms with Crippen LogP contribution in [0.15, 0.2) is 42.7 Å². The summed E-state index contributed by atoms with van der Waals surface area (Å²) in [5, 5.41) is 5.16. The number of benzene rings is 1. The zero-order valence-corrected chi connectivity index (χ0v) is 17.6. The molecule has 1 aliphatic rings. The number of Topliss-reactive ketones (excluding diaryl/α,β-unsaturated/α-hetero) is 1. The summed E-state index contributed by atoms with van der Waals surface area (Å²) in [6.45, 7) is 3.93. The fourth-order valence-corrected chi connectivity index (χ4v) is 3.56. The molecule has 3 aromatic rings. The zero-order chi connectivity index (χ0) is 21.3. The first-order valence-electron chi connectivity index (χ1n) is 9.98. The molecule has 0 bridgehead atoms. The van der Waals surface area contributed by atoms with E-state index in [0.29, 0.717) is 34.0 Å². The topological polar surface area (TPSA) is 74.1 Å². The van der Waals surface area contributed by atoms with Gasteiger partial charge < -0.3 is 4.74 Å². The van der Waals surface area contributed by atoms with Crippen LogP contribution in [0.2, 0.25) is 5.02 Å². The first kappa shape index (κ1) is 20.3. The van der Waals surface area contributed by atoms with Gasteiger partial charge in [0.1, 0.15) is 17.0 Å². The largest absolute Gasteiger partial charge is 0.462 e. The minimum absolute atomic E-state index is 0.184. The summed E-state index contributed by atoms with van der Waals surface area (Å²) in [6.07, 6.45) is 5.63. The molecule has 1 fully saturated rings. The zero-order valence-electron chi connectivity index (χ0n) is 16.9. The van der Waals surface area contributed by atoms with Gasteiger partial charge in [0.2, 0.25) is 0 Å². The number of ether oxygens (including phenoxy) is 1. The van der Waals surface area contributed by atoms with Crippen LogP contribution in [-0.2, 0) is 16.0 Å². The van der Waals surface area contributed by atoms with Crippen molar-refractivity contribution in [3.63, 3.8) is 0 Å². The molecule has 0 aliphatic heterocycles. The van der Waals surface area contributed by atoms with Gasteiger partial charge in [-0.05, 0) is 44.4 Å². The Labute approximate surface area is 179 Å². The molecule has 154 valence electrons. The number of ketones is 1. The molecule has 2 aromatic heterocycles. The number of rotatable bonds is 7. The molecule has 7 heteroatoms. The average molecular weight is 424 g/mol. The van der Waals surface area contributed by atoms with E-state index in [2.05, 4.69) is 10.1 Å². The fourth-order valence-electron chi connectivity index (χ4n) is 3.33. The van der Waals surface area contributed by atoms with Gasteiger partial charge in [-0.1, -0.05) is 29.8 Å². The Bertz CT molecular complexity index is 1120. The normalized spacial score (nSPS) is 13.3. The third-order valence-electron chi connectivity index (χ3n) is 5.10. The van der Waals surface area contributed by atoms with Gasteiger partial charge in [0.25, 0.3) is 0 Å². The number of pyridine rings is 1. The van der Waals surface area contributed by atoms with Crippen LogP contribution in [-0.4, -0.2) is 33.1 Å². The lowest BCUT2D eigenvalue weighted by molar-refractivity contribution is -0.119. The third-order valence-corrected chi connectivity index (χ3v) is 5.43. The Morgan fingerprint density at radius 3 is 2.73 bits per heavy atom. The molecule has 1 aromatic carbocycles. The molecular formula is C23H22ClN3O3. The Morgan fingerprint density at radius 1 is 1.27 bits per heavy atom. The van der Waals surface area contributed by atoms with E-state index < -0.39 is 5.97 Å². The maximum absolute atomic E-state index is 12.6. The van der Waals surface area contributed by atoms with Crippen LogP contribution < -0.4 is 0 Å². The van der Waals surface area contributed by atoms with Gasteiger partial charge in [0.15, 0.2) is 0 Å². The van der Waals surface area contributed by atoms with Gasteiger partial charge >= 0.3 is 5.97 Å². The molecule has 0 unspecified atom stereocenters. The second-order valence-electron chi connectivity index (χ2n) is 7.42. The predicted molar refractivity (Wildman–Crippen MR) is 114 cm³/mol. The highest BCUT2D eigenvalue weighted by molar-refractivity contribution is 6.33. The van der Waals surface area contributed by atoms with Crippen LogP contribution >= 0.6 is 11.6 Å². The first-order valence-corrected chi connectivity index (χ1v) is 10.4. The number of nitrogens with zero attached hydrogens (tertiary/aromatic N) is 3. The molecular weight excluding hydrogens is 402 g/mol. The van der Waals surface area contributed by atoms with Crippen molar-refractivity contribution >= 4 is 23.4 Å². The number of esters is 1. The molecule has 0 atom stereocenters. The van der Waals surface area contributed by atoms with E-state index in [0.717, 1.165) is 24.1 Å². The molecule has 0 amide bonds. The van der Waals surface area contributed by atoms with Crippen molar-refractivity contribution in [1.29, 1.82) is 0 Å². The monoisotopic (exact) mass is 423 g/mol. The van der Waals surface area contributed by atoms with Gasteiger partial charge in [-0.25, -0.2) is 9.48 Å². The summed E-state index contributed by atoms with van der Waals surface area (Å²) >= 11 is 6.37. The van der Waals surface area contributed by atoms with Crippen LogP contribution in [0.25, 0.3) is 16.9 Å². The van der Waals surface area contributed by atoms with Crippen molar-refractivity contribution in [2.75, 3.05) is 6.61 Å². The number of carbonyl (C=O) groups excluding carboxylic acids is 2. The van der Waals surface area contributed by atoms with Crippen LogP contribution in [0.3, 0.4) is 0 Å². The minimum Gasteiger partial charge on any atom is -0.462 e. The summed E-state index contributed by atoms with van der Waals surface area (Å²) in [6, 6.07) is 9.09. The SMILES string of the molecule is CCOC(=O)c1cn(-c2cc(CC(=O)C3CC3)ncc2C)nc1-c1ccccc1Cl. The van der Waals surface area contributed by atoms with Gasteiger partial charge in [-0.3, -0.25) is 9.78 Å². The Balaban J connectivity index is 1.77. The van der Waals surface area contributed by atoms with Crippen molar-refractivity contribution in [1.82, 2.24) is 14.8 Å². The predicted octanol–water partition coefficient (Wildman–Crippen LogP) is 4.59. The van der Waals surface area contributed by atoms with E-state index in [1.165, 1.54) is 0 Å². The maximum Gasteiger partial charge on any atom is 0.342 e. The molecule has 1 saturated carbocycles. The minimum atomic E-state index is -0.463. The van der Waals surface area contributed by atoms with Crippen LogP contribution in [0.5, 0.6) is 0 Å². The van der Waals surface area contributed by atoms with E-state index >= 15 is 0 Å². The summed E-state index contributed by atoms with van der Waals surface area (Å²) in [4.78, 5) is 29.2. The quantitative estimate of drug-likeness (QED) is 0.519. The van der Waals surface area contributed by atoms with Gasteiger partial charge in [-0.2, -0.15) is 5.10 Å². The van der Waals surface area contributed by atoms with E-state index in [4.69, 9.17) is 16.3 Å². The summed E-state index contributed by atoms with van der Waals surface area (Å²) in [7, 11) is 0. The molecule has 0 spiro atoms. The molecule has 30 heavy (non-hydrogen) atoms. The molecule has 0 radical (unpaired) electrons. The van der Waals surface area contributed by atoms with Crippen molar-refractivity contribution in [2.45, 2.75) is 33.1 Å².